The molecule has 3 aromatic carbocycles. The smallest absolute Gasteiger partial charge is 0.268 e. The zero-order valence-corrected chi connectivity index (χ0v) is 20.0. The first kappa shape index (κ1) is 24.6. The Morgan fingerprint density at radius 3 is 1.79 bits per heavy atom. The number of hydrogen-bond acceptors (Lipinski definition) is 5. The molecule has 0 N–H and O–H groups in total. The second-order valence-corrected chi connectivity index (χ2v) is 11.6. The molecule has 10 heteroatoms. The van der Waals surface area contributed by atoms with Gasteiger partial charge in [-0.3, -0.25) is 4.79 Å². The fourth-order valence-electron chi connectivity index (χ4n) is 3.05. The first-order valence-electron chi connectivity index (χ1n) is 9.53. The minimum absolute atomic E-state index is 0.0406. The van der Waals surface area contributed by atoms with Crippen molar-refractivity contribution in [1.29, 1.82) is 0 Å². The van der Waals surface area contributed by atoms with Gasteiger partial charge >= 0.3 is 0 Å². The van der Waals surface area contributed by atoms with E-state index in [0.717, 1.165) is 21.2 Å². The van der Waals surface area contributed by atoms with Crippen LogP contribution in [0.25, 0.3) is 10.9 Å². The molecule has 0 atom stereocenters. The monoisotopic (exact) mass is 507 g/mol. The van der Waals surface area contributed by atoms with E-state index < -0.39 is 24.9 Å². The second kappa shape index (κ2) is 9.46. The number of hydrogen-bond donors (Lipinski definition) is 0. The maximum absolute atomic E-state index is 13.3. The molecule has 0 amide bonds. The van der Waals surface area contributed by atoms with E-state index in [1.807, 2.05) is 13.8 Å². The van der Waals surface area contributed by atoms with E-state index in [0.29, 0.717) is 11.7 Å². The largest absolute Gasteiger partial charge is 0.296 e. The van der Waals surface area contributed by atoms with Gasteiger partial charge in [0.2, 0.25) is 0 Å². The first-order chi connectivity index (χ1) is 15.4. The molecule has 0 fully saturated rings. The zero-order valence-electron chi connectivity index (χ0n) is 17.6. The first-order valence-corrected chi connectivity index (χ1v) is 13.3. The summed E-state index contributed by atoms with van der Waals surface area (Å²) in [5.41, 5.74) is 2.16. The van der Waals surface area contributed by atoms with E-state index in [-0.39, 0.29) is 21.0 Å². The molecule has 0 saturated heterocycles. The molecule has 0 unspecified atom stereocenters. The molecule has 4 rings (SSSR count). The summed E-state index contributed by atoms with van der Waals surface area (Å²) in [7, 11) is -2.40. The van der Waals surface area contributed by atoms with Gasteiger partial charge in [0.15, 0.2) is 6.29 Å². The Balaban J connectivity index is 0.000000235. The highest BCUT2D eigenvalue weighted by Crippen LogP contribution is 2.26. The molecule has 1 heterocycles. The van der Waals surface area contributed by atoms with Crippen molar-refractivity contribution >= 4 is 46.9 Å². The maximum atomic E-state index is 13.3. The molecular formula is C23H19ClFNO5S2. The van der Waals surface area contributed by atoms with E-state index in [2.05, 4.69) is 0 Å². The summed E-state index contributed by atoms with van der Waals surface area (Å²) in [4.78, 5) is 11.5. The molecule has 0 aliphatic rings. The lowest BCUT2D eigenvalue weighted by atomic mass is 10.2. The fraction of sp³-hybridized carbons (Fsp3) is 0.0870. The quantitative estimate of drug-likeness (QED) is 0.284. The Kier molecular flexibility index (Phi) is 7.06. The number of carbonyl (C=O) groups is 1. The van der Waals surface area contributed by atoms with E-state index in [4.69, 9.17) is 10.7 Å². The summed E-state index contributed by atoms with van der Waals surface area (Å²) in [5, 5.41) is 0.359. The number of rotatable bonds is 4. The van der Waals surface area contributed by atoms with Gasteiger partial charge in [-0.2, -0.15) is 0 Å². The number of nitrogens with zero attached hydrogens (tertiary/aromatic N) is 1. The molecule has 33 heavy (non-hydrogen) atoms. The predicted octanol–water partition coefficient (Wildman–Crippen LogP) is 5.06. The van der Waals surface area contributed by atoms with Crippen LogP contribution in [-0.4, -0.2) is 27.1 Å². The minimum atomic E-state index is -3.93. The van der Waals surface area contributed by atoms with Gasteiger partial charge in [-0.15, -0.1) is 0 Å². The van der Waals surface area contributed by atoms with Gasteiger partial charge in [0.05, 0.1) is 21.0 Å². The normalized spacial score (nSPS) is 11.6. The highest BCUT2D eigenvalue weighted by molar-refractivity contribution is 8.13. The van der Waals surface area contributed by atoms with Crippen LogP contribution in [0.1, 0.15) is 21.6 Å². The van der Waals surface area contributed by atoms with Crippen LogP contribution >= 0.6 is 10.7 Å². The number of fused-ring (bicyclic) bond motifs is 1. The summed E-state index contributed by atoms with van der Waals surface area (Å²) in [6.45, 7) is 3.73. The number of halogens is 2. The van der Waals surface area contributed by atoms with Gasteiger partial charge in [-0.05, 0) is 62.4 Å². The van der Waals surface area contributed by atoms with Crippen molar-refractivity contribution in [3.63, 3.8) is 0 Å². The molecule has 0 aliphatic carbocycles. The van der Waals surface area contributed by atoms with E-state index >= 15 is 0 Å². The van der Waals surface area contributed by atoms with Crippen molar-refractivity contribution in [2.24, 2.45) is 0 Å². The van der Waals surface area contributed by atoms with Crippen LogP contribution in [0, 0.1) is 19.7 Å². The SMILES string of the molecule is Cc1ccc(S(=O)(=O)Cl)cc1.Cc1ccc(S(=O)(=O)n2c(C=O)cc3cc(F)ccc32)cc1. The number of aromatic nitrogens is 1. The van der Waals surface area contributed by atoms with Crippen LogP contribution in [0.4, 0.5) is 4.39 Å². The summed E-state index contributed by atoms with van der Waals surface area (Å²) < 4.78 is 61.3. The standard InChI is InChI=1S/C16H12FNO3S.C7H7ClO2S/c1-11-2-5-15(6-3-11)22(20,21)18-14(10-19)9-12-8-13(17)4-7-16(12)18;1-6-2-4-7(5-3-6)11(8,9)10/h2-10H,1H3;2-5H,1H3. The van der Waals surface area contributed by atoms with Gasteiger partial charge < -0.3 is 0 Å². The fourth-order valence-corrected chi connectivity index (χ4v) is 5.31. The Hall–Kier alpha value is -3.01. The van der Waals surface area contributed by atoms with E-state index in [1.165, 1.54) is 42.5 Å². The van der Waals surface area contributed by atoms with Crippen LogP contribution < -0.4 is 0 Å². The third-order valence-electron chi connectivity index (χ3n) is 4.73. The molecule has 0 radical (unpaired) electrons. The zero-order chi connectivity index (χ0) is 24.4. The van der Waals surface area contributed by atoms with Gasteiger partial charge in [0.25, 0.3) is 19.1 Å². The Labute approximate surface area is 195 Å². The summed E-state index contributed by atoms with van der Waals surface area (Å²) in [6, 6.07) is 17.8. The highest BCUT2D eigenvalue weighted by atomic mass is 35.7. The van der Waals surface area contributed by atoms with Crippen molar-refractivity contribution in [3.05, 3.63) is 95.4 Å². The lowest BCUT2D eigenvalue weighted by Gasteiger charge is -2.09. The molecule has 1 aromatic heterocycles. The molecule has 0 saturated carbocycles. The molecule has 4 aromatic rings. The van der Waals surface area contributed by atoms with Crippen molar-refractivity contribution in [1.82, 2.24) is 3.97 Å². The van der Waals surface area contributed by atoms with Crippen molar-refractivity contribution in [2.75, 3.05) is 0 Å². The van der Waals surface area contributed by atoms with Crippen LogP contribution in [0.15, 0.2) is 82.6 Å². The molecule has 0 aliphatic heterocycles. The molecular weight excluding hydrogens is 489 g/mol. The minimum Gasteiger partial charge on any atom is -0.296 e. The Bertz CT molecular complexity index is 1530. The lowest BCUT2D eigenvalue weighted by molar-refractivity contribution is 0.111. The average molecular weight is 508 g/mol. The van der Waals surface area contributed by atoms with Crippen LogP contribution in [0.5, 0.6) is 0 Å². The molecule has 0 spiro atoms. The lowest BCUT2D eigenvalue weighted by Crippen LogP contribution is -2.15. The summed E-state index contributed by atoms with van der Waals surface area (Å²) in [6.07, 6.45) is 0.448. The second-order valence-electron chi connectivity index (χ2n) is 7.22. The number of benzene rings is 3. The van der Waals surface area contributed by atoms with E-state index in [9.17, 15) is 26.0 Å². The number of aldehydes is 1. The molecule has 172 valence electrons. The van der Waals surface area contributed by atoms with Crippen LogP contribution in [-0.2, 0) is 19.1 Å². The van der Waals surface area contributed by atoms with Crippen LogP contribution in [0.2, 0.25) is 0 Å². The van der Waals surface area contributed by atoms with Gasteiger partial charge in [0.1, 0.15) is 5.82 Å². The van der Waals surface area contributed by atoms with Crippen molar-refractivity contribution < 1.29 is 26.0 Å². The van der Waals surface area contributed by atoms with Crippen LogP contribution in [0.3, 0.4) is 0 Å². The molecule has 0 bridgehead atoms. The Morgan fingerprint density at radius 1 is 0.788 bits per heavy atom. The van der Waals surface area contributed by atoms with Crippen molar-refractivity contribution in [3.8, 4) is 0 Å². The third-order valence-corrected chi connectivity index (χ3v) is 7.85. The number of aryl methyl sites for hydroxylation is 2. The third kappa shape index (κ3) is 5.50. The number of carbonyl (C=O) groups excluding carboxylic acids is 1. The topological polar surface area (TPSA) is 90.3 Å². The Morgan fingerprint density at radius 2 is 1.30 bits per heavy atom. The van der Waals surface area contributed by atoms with Gasteiger partial charge in [0, 0.05) is 16.1 Å². The molecule has 6 nitrogen and oxygen atoms in total. The average Bonchev–Trinajstić information content (AvgIpc) is 3.12. The maximum Gasteiger partial charge on any atom is 0.268 e. The van der Waals surface area contributed by atoms with E-state index in [1.54, 1.807) is 24.3 Å². The van der Waals surface area contributed by atoms with Gasteiger partial charge in [-0.25, -0.2) is 25.2 Å². The summed E-state index contributed by atoms with van der Waals surface area (Å²) >= 11 is 0. The highest BCUT2D eigenvalue weighted by Gasteiger charge is 2.23. The van der Waals surface area contributed by atoms with Crippen molar-refractivity contribution in [2.45, 2.75) is 23.6 Å². The predicted molar refractivity (Wildman–Crippen MR) is 125 cm³/mol. The van der Waals surface area contributed by atoms with Gasteiger partial charge in [-0.1, -0.05) is 35.4 Å². The summed E-state index contributed by atoms with van der Waals surface area (Å²) in [5.74, 6) is -0.491.